The average molecular weight is 375 g/mol. The Morgan fingerprint density at radius 2 is 1.93 bits per heavy atom. The summed E-state index contributed by atoms with van der Waals surface area (Å²) in [5.74, 6) is 0.790. The fraction of sp³-hybridized carbons (Fsp3) is 0.348. The van der Waals surface area contributed by atoms with Gasteiger partial charge in [-0.1, -0.05) is 30.3 Å². The molecule has 0 radical (unpaired) electrons. The number of carbonyl (C=O) groups is 1. The van der Waals surface area contributed by atoms with Crippen molar-refractivity contribution in [2.75, 3.05) is 0 Å². The molecule has 5 heteroatoms. The monoisotopic (exact) mass is 375 g/mol. The number of carbonyl (C=O) groups excluding carboxylic acids is 1. The highest BCUT2D eigenvalue weighted by atomic mass is 16.2. The van der Waals surface area contributed by atoms with Crippen molar-refractivity contribution in [3.05, 3.63) is 75.8 Å². The first-order valence-corrected chi connectivity index (χ1v) is 9.93. The maximum absolute atomic E-state index is 13.2. The number of benzene rings is 2. The maximum atomic E-state index is 13.2. The van der Waals surface area contributed by atoms with Crippen LogP contribution in [0.5, 0.6) is 0 Å². The Labute approximate surface area is 164 Å². The number of hydrogen-bond acceptors (Lipinski definition) is 3. The van der Waals surface area contributed by atoms with E-state index in [1.54, 1.807) is 22.8 Å². The highest BCUT2D eigenvalue weighted by molar-refractivity contribution is 5.97. The molecule has 0 spiro atoms. The second-order valence-electron chi connectivity index (χ2n) is 7.69. The second-order valence-corrected chi connectivity index (χ2v) is 7.69. The van der Waals surface area contributed by atoms with Crippen LogP contribution in [0.3, 0.4) is 0 Å². The van der Waals surface area contributed by atoms with E-state index in [0.717, 1.165) is 37.2 Å². The van der Waals surface area contributed by atoms with Crippen LogP contribution < -0.4 is 5.56 Å². The van der Waals surface area contributed by atoms with E-state index in [2.05, 4.69) is 0 Å². The molecule has 1 aliphatic rings. The van der Waals surface area contributed by atoms with Gasteiger partial charge in [0.25, 0.3) is 11.5 Å². The van der Waals surface area contributed by atoms with E-state index in [-0.39, 0.29) is 17.5 Å². The van der Waals surface area contributed by atoms with Crippen LogP contribution in [0.2, 0.25) is 0 Å². The van der Waals surface area contributed by atoms with Crippen LogP contribution in [0.15, 0.2) is 53.3 Å². The van der Waals surface area contributed by atoms with Gasteiger partial charge in [-0.05, 0) is 50.5 Å². The summed E-state index contributed by atoms with van der Waals surface area (Å²) >= 11 is 0. The fourth-order valence-corrected chi connectivity index (χ4v) is 3.81. The van der Waals surface area contributed by atoms with Gasteiger partial charge in [-0.25, -0.2) is 4.98 Å². The van der Waals surface area contributed by atoms with Crippen LogP contribution in [-0.2, 0) is 19.5 Å². The zero-order chi connectivity index (χ0) is 19.7. The number of rotatable bonds is 4. The van der Waals surface area contributed by atoms with Gasteiger partial charge in [0, 0.05) is 31.1 Å². The van der Waals surface area contributed by atoms with Crippen LogP contribution >= 0.6 is 0 Å². The molecule has 0 aliphatic carbocycles. The highest BCUT2D eigenvalue weighted by Crippen LogP contribution is 2.19. The van der Waals surface area contributed by atoms with E-state index < -0.39 is 0 Å². The predicted octanol–water partition coefficient (Wildman–Crippen LogP) is 3.78. The van der Waals surface area contributed by atoms with Gasteiger partial charge >= 0.3 is 0 Å². The van der Waals surface area contributed by atoms with Crippen LogP contribution in [-0.4, -0.2) is 26.4 Å². The quantitative estimate of drug-likeness (QED) is 0.697. The molecule has 0 unspecified atom stereocenters. The molecule has 5 nitrogen and oxygen atoms in total. The molecule has 0 atom stereocenters. The molecule has 0 bridgehead atoms. The van der Waals surface area contributed by atoms with Crippen molar-refractivity contribution in [3.8, 4) is 0 Å². The summed E-state index contributed by atoms with van der Waals surface area (Å²) in [6.45, 7) is 5.32. The molecule has 28 heavy (non-hydrogen) atoms. The Morgan fingerprint density at radius 1 is 1.14 bits per heavy atom. The van der Waals surface area contributed by atoms with E-state index in [1.807, 2.05) is 49.1 Å². The fourth-order valence-electron chi connectivity index (χ4n) is 3.81. The van der Waals surface area contributed by atoms with Gasteiger partial charge in [-0.3, -0.25) is 14.2 Å². The topological polar surface area (TPSA) is 55.2 Å². The minimum Gasteiger partial charge on any atom is -0.332 e. The lowest BCUT2D eigenvalue weighted by Crippen LogP contribution is -2.36. The van der Waals surface area contributed by atoms with Crippen molar-refractivity contribution in [2.45, 2.75) is 52.2 Å². The Balaban J connectivity index is 1.70. The molecule has 1 amide bonds. The summed E-state index contributed by atoms with van der Waals surface area (Å²) in [6, 6.07) is 15.3. The van der Waals surface area contributed by atoms with Gasteiger partial charge in [0.05, 0.1) is 10.9 Å². The van der Waals surface area contributed by atoms with Gasteiger partial charge in [-0.15, -0.1) is 0 Å². The number of hydrogen-bond donors (Lipinski definition) is 0. The zero-order valence-corrected chi connectivity index (χ0v) is 16.4. The minimum atomic E-state index is -0.0413. The normalized spacial score (nSPS) is 13.5. The number of amides is 1. The molecule has 2 aromatic carbocycles. The molecular formula is C23H25N3O2. The first kappa shape index (κ1) is 18.4. The van der Waals surface area contributed by atoms with Crippen molar-refractivity contribution >= 4 is 16.8 Å². The van der Waals surface area contributed by atoms with E-state index in [4.69, 9.17) is 4.98 Å². The molecule has 4 rings (SSSR count). The minimum absolute atomic E-state index is 0.00343. The molecule has 0 fully saturated rings. The third-order valence-corrected chi connectivity index (χ3v) is 5.39. The van der Waals surface area contributed by atoms with Crippen molar-refractivity contribution in [3.63, 3.8) is 0 Å². The highest BCUT2D eigenvalue weighted by Gasteiger charge is 2.21. The third kappa shape index (κ3) is 3.44. The summed E-state index contributed by atoms with van der Waals surface area (Å²) in [7, 11) is 0. The van der Waals surface area contributed by atoms with Crippen molar-refractivity contribution in [2.24, 2.45) is 0 Å². The second kappa shape index (κ2) is 7.58. The van der Waals surface area contributed by atoms with Crippen LogP contribution in [0.4, 0.5) is 0 Å². The summed E-state index contributed by atoms with van der Waals surface area (Å²) in [5, 5.41) is 0.585. The summed E-state index contributed by atoms with van der Waals surface area (Å²) < 4.78 is 1.78. The van der Waals surface area contributed by atoms with Gasteiger partial charge < -0.3 is 4.90 Å². The third-order valence-electron chi connectivity index (χ3n) is 5.39. The van der Waals surface area contributed by atoms with Crippen molar-refractivity contribution < 1.29 is 4.79 Å². The lowest BCUT2D eigenvalue weighted by molar-refractivity contribution is 0.0690. The predicted molar refractivity (Wildman–Crippen MR) is 110 cm³/mol. The largest absolute Gasteiger partial charge is 0.332 e. The Bertz CT molecular complexity index is 1070. The SMILES string of the molecule is CC(C)N(Cc1ccccc1)C(=O)c1ccc2c(=O)n3c(nc2c1)CCCC3. The van der Waals surface area contributed by atoms with Gasteiger partial charge in [-0.2, -0.15) is 0 Å². The summed E-state index contributed by atoms with van der Waals surface area (Å²) in [6.07, 6.45) is 2.88. The van der Waals surface area contributed by atoms with E-state index in [1.165, 1.54) is 0 Å². The molecule has 3 aromatic rings. The molecule has 1 aromatic heterocycles. The lowest BCUT2D eigenvalue weighted by Gasteiger charge is -2.27. The van der Waals surface area contributed by atoms with Gasteiger partial charge in [0.1, 0.15) is 5.82 Å². The van der Waals surface area contributed by atoms with Crippen molar-refractivity contribution in [1.29, 1.82) is 0 Å². The zero-order valence-electron chi connectivity index (χ0n) is 16.4. The Hall–Kier alpha value is -2.95. The first-order valence-electron chi connectivity index (χ1n) is 9.93. The Morgan fingerprint density at radius 3 is 2.68 bits per heavy atom. The first-order chi connectivity index (χ1) is 13.5. The van der Waals surface area contributed by atoms with E-state index >= 15 is 0 Å². The Kier molecular flexibility index (Phi) is 4.99. The van der Waals surface area contributed by atoms with E-state index in [0.29, 0.717) is 23.0 Å². The number of nitrogens with zero attached hydrogens (tertiary/aromatic N) is 3. The number of aromatic nitrogens is 2. The maximum Gasteiger partial charge on any atom is 0.261 e. The van der Waals surface area contributed by atoms with Crippen LogP contribution in [0.25, 0.3) is 10.9 Å². The molecule has 0 saturated heterocycles. The lowest BCUT2D eigenvalue weighted by atomic mass is 10.1. The van der Waals surface area contributed by atoms with Crippen LogP contribution in [0, 0.1) is 0 Å². The molecule has 144 valence electrons. The summed E-state index contributed by atoms with van der Waals surface area (Å²) in [4.78, 5) is 32.5. The molecule has 1 aliphatic heterocycles. The molecule has 2 heterocycles. The smallest absolute Gasteiger partial charge is 0.261 e. The van der Waals surface area contributed by atoms with Crippen molar-refractivity contribution in [1.82, 2.24) is 14.5 Å². The number of fused-ring (bicyclic) bond motifs is 2. The molecule has 0 saturated carbocycles. The van der Waals surface area contributed by atoms with Crippen LogP contribution in [0.1, 0.15) is 48.4 Å². The summed E-state index contributed by atoms with van der Waals surface area (Å²) in [5.41, 5.74) is 2.29. The van der Waals surface area contributed by atoms with Gasteiger partial charge in [0.15, 0.2) is 0 Å². The molecular weight excluding hydrogens is 350 g/mol. The number of aryl methyl sites for hydroxylation is 1. The average Bonchev–Trinajstić information content (AvgIpc) is 2.72. The standard InChI is InChI=1S/C23H25N3O2/c1-16(2)26(15-17-8-4-3-5-9-17)22(27)18-11-12-19-20(14-18)24-21-10-6-7-13-25(21)23(19)28/h3-5,8-9,11-12,14,16H,6-7,10,13,15H2,1-2H3. The molecule has 0 N–H and O–H groups in total. The van der Waals surface area contributed by atoms with Gasteiger partial charge in [0.2, 0.25) is 0 Å². The van der Waals surface area contributed by atoms with E-state index in [9.17, 15) is 9.59 Å².